The van der Waals surface area contributed by atoms with Crippen LogP contribution in [0.4, 0.5) is 0 Å². The van der Waals surface area contributed by atoms with E-state index in [-0.39, 0.29) is 17.9 Å². The van der Waals surface area contributed by atoms with Crippen LogP contribution in [0.3, 0.4) is 0 Å². The lowest BCUT2D eigenvalue weighted by Crippen LogP contribution is -2.47. The monoisotopic (exact) mass is 250 g/mol. The maximum Gasteiger partial charge on any atom is 0.239 e. The quantitative estimate of drug-likeness (QED) is 0.793. The fraction of sp³-hybridized carbons (Fsp3) is 0.500. The minimum absolute atomic E-state index is 0.121. The molecule has 0 fully saturated rings. The van der Waals surface area contributed by atoms with E-state index in [1.54, 1.807) is 0 Å². The first-order valence-corrected chi connectivity index (χ1v) is 6.05. The van der Waals surface area contributed by atoms with Crippen molar-refractivity contribution in [1.82, 2.24) is 5.32 Å². The van der Waals surface area contributed by atoms with Gasteiger partial charge in [0.05, 0.1) is 6.61 Å². The van der Waals surface area contributed by atoms with E-state index >= 15 is 0 Å². The highest BCUT2D eigenvalue weighted by Gasteiger charge is 2.22. The lowest BCUT2D eigenvalue weighted by atomic mass is 9.84. The van der Waals surface area contributed by atoms with Crippen molar-refractivity contribution in [3.63, 3.8) is 0 Å². The minimum Gasteiger partial charge on any atom is -0.383 e. The van der Waals surface area contributed by atoms with Gasteiger partial charge in [0.25, 0.3) is 0 Å². The third kappa shape index (κ3) is 4.13. The molecule has 0 aromatic heterocycles. The molecule has 1 rings (SSSR count). The van der Waals surface area contributed by atoms with Crippen molar-refractivity contribution in [3.8, 4) is 0 Å². The molecular weight excluding hydrogens is 228 g/mol. The van der Waals surface area contributed by atoms with Crippen LogP contribution >= 0.6 is 0 Å². The van der Waals surface area contributed by atoms with Crippen molar-refractivity contribution in [2.75, 3.05) is 20.3 Å². The Kier molecular flexibility index (Phi) is 5.31. The van der Waals surface area contributed by atoms with Gasteiger partial charge in [-0.3, -0.25) is 4.79 Å². The van der Waals surface area contributed by atoms with Crippen LogP contribution in [0.25, 0.3) is 0 Å². The van der Waals surface area contributed by atoms with Gasteiger partial charge in [0.1, 0.15) is 6.04 Å². The molecule has 0 aliphatic rings. The molecule has 0 heterocycles. The highest BCUT2D eigenvalue weighted by molar-refractivity contribution is 5.81. The zero-order chi connectivity index (χ0) is 13.6. The van der Waals surface area contributed by atoms with Crippen molar-refractivity contribution in [3.05, 3.63) is 35.9 Å². The van der Waals surface area contributed by atoms with Gasteiger partial charge < -0.3 is 15.8 Å². The smallest absolute Gasteiger partial charge is 0.239 e. The number of benzene rings is 1. The van der Waals surface area contributed by atoms with Gasteiger partial charge in [-0.2, -0.15) is 0 Å². The predicted molar refractivity (Wildman–Crippen MR) is 72.3 cm³/mol. The van der Waals surface area contributed by atoms with E-state index in [1.807, 2.05) is 18.2 Å². The van der Waals surface area contributed by atoms with E-state index in [0.717, 1.165) is 0 Å². The summed E-state index contributed by atoms with van der Waals surface area (Å²) in [6, 6.07) is 9.47. The first-order valence-electron chi connectivity index (χ1n) is 6.05. The number of nitrogens with two attached hydrogens (primary N) is 1. The van der Waals surface area contributed by atoms with E-state index in [1.165, 1.54) is 12.7 Å². The Bertz CT molecular complexity index is 377. The molecule has 1 amide bonds. The second kappa shape index (κ2) is 6.52. The summed E-state index contributed by atoms with van der Waals surface area (Å²) < 4.78 is 4.86. The summed E-state index contributed by atoms with van der Waals surface area (Å²) in [5.74, 6) is -0.180. The number of rotatable bonds is 6. The maximum absolute atomic E-state index is 11.7. The van der Waals surface area contributed by atoms with Crippen molar-refractivity contribution in [2.24, 2.45) is 5.73 Å². The van der Waals surface area contributed by atoms with Gasteiger partial charge in [0, 0.05) is 19.1 Å². The van der Waals surface area contributed by atoms with Gasteiger partial charge >= 0.3 is 0 Å². The normalized spacial score (nSPS) is 13.1. The Morgan fingerprint density at radius 1 is 1.39 bits per heavy atom. The minimum atomic E-state index is -0.610. The molecule has 1 atom stereocenters. The average molecular weight is 250 g/mol. The van der Waals surface area contributed by atoms with Crippen molar-refractivity contribution >= 4 is 5.91 Å². The Morgan fingerprint density at radius 3 is 2.56 bits per heavy atom. The van der Waals surface area contributed by atoms with Gasteiger partial charge in [-0.15, -0.1) is 0 Å². The molecule has 0 aliphatic carbocycles. The molecule has 4 nitrogen and oxygen atoms in total. The van der Waals surface area contributed by atoms with Crippen LogP contribution in [-0.2, 0) is 14.9 Å². The molecule has 0 saturated heterocycles. The zero-order valence-electron chi connectivity index (χ0n) is 11.3. The van der Waals surface area contributed by atoms with E-state index in [9.17, 15) is 4.79 Å². The fourth-order valence-corrected chi connectivity index (χ4v) is 1.69. The molecule has 0 radical (unpaired) electrons. The highest BCUT2D eigenvalue weighted by atomic mass is 16.5. The summed E-state index contributed by atoms with van der Waals surface area (Å²) in [5.41, 5.74) is 6.72. The van der Waals surface area contributed by atoms with Gasteiger partial charge in [0.15, 0.2) is 0 Å². The number of methoxy groups -OCH3 is 1. The Labute approximate surface area is 109 Å². The lowest BCUT2D eigenvalue weighted by Gasteiger charge is -2.26. The van der Waals surface area contributed by atoms with Crippen LogP contribution in [0, 0.1) is 0 Å². The maximum atomic E-state index is 11.7. The van der Waals surface area contributed by atoms with Crippen molar-refractivity contribution in [2.45, 2.75) is 25.3 Å². The summed E-state index contributed by atoms with van der Waals surface area (Å²) in [4.78, 5) is 11.7. The number of hydrogen-bond donors (Lipinski definition) is 2. The third-order valence-electron chi connectivity index (χ3n) is 2.94. The molecule has 100 valence electrons. The molecule has 1 aromatic rings. The SMILES string of the molecule is COCC(N)C(=O)NCC(C)(C)c1ccccc1. The van der Waals surface area contributed by atoms with Crippen LogP contribution in [0.5, 0.6) is 0 Å². The standard InChI is InChI=1S/C14H22N2O2/c1-14(2,11-7-5-4-6-8-11)10-16-13(17)12(15)9-18-3/h4-8,12H,9-10,15H2,1-3H3,(H,16,17). The van der Waals surface area contributed by atoms with Crippen molar-refractivity contribution in [1.29, 1.82) is 0 Å². The van der Waals surface area contributed by atoms with E-state index in [4.69, 9.17) is 10.5 Å². The molecule has 1 unspecified atom stereocenters. The van der Waals surface area contributed by atoms with Crippen LogP contribution in [0.2, 0.25) is 0 Å². The van der Waals surface area contributed by atoms with E-state index in [0.29, 0.717) is 6.54 Å². The molecule has 0 spiro atoms. The molecule has 4 heteroatoms. The predicted octanol–water partition coefficient (Wildman–Crippen LogP) is 1.05. The first-order chi connectivity index (χ1) is 8.47. The second-order valence-corrected chi connectivity index (χ2v) is 5.03. The number of nitrogens with one attached hydrogen (secondary N) is 1. The van der Waals surface area contributed by atoms with Crippen molar-refractivity contribution < 1.29 is 9.53 Å². The fourth-order valence-electron chi connectivity index (χ4n) is 1.69. The Hall–Kier alpha value is -1.39. The summed E-state index contributed by atoms with van der Waals surface area (Å²) in [6.07, 6.45) is 0. The molecular formula is C14H22N2O2. The summed E-state index contributed by atoms with van der Waals surface area (Å²) >= 11 is 0. The number of hydrogen-bond acceptors (Lipinski definition) is 3. The van der Waals surface area contributed by atoms with Crippen LogP contribution in [-0.4, -0.2) is 32.2 Å². The van der Waals surface area contributed by atoms with Gasteiger partial charge in [0.2, 0.25) is 5.91 Å². The summed E-state index contributed by atoms with van der Waals surface area (Å²) in [5, 5.41) is 2.86. The van der Waals surface area contributed by atoms with Crippen LogP contribution in [0.15, 0.2) is 30.3 Å². The van der Waals surface area contributed by atoms with E-state index in [2.05, 4.69) is 31.3 Å². The number of ether oxygens (including phenoxy) is 1. The number of carbonyl (C=O) groups is 1. The van der Waals surface area contributed by atoms with Crippen LogP contribution in [0.1, 0.15) is 19.4 Å². The second-order valence-electron chi connectivity index (χ2n) is 5.03. The third-order valence-corrected chi connectivity index (χ3v) is 2.94. The lowest BCUT2D eigenvalue weighted by molar-refractivity contribution is -0.123. The average Bonchev–Trinajstić information content (AvgIpc) is 2.37. The molecule has 18 heavy (non-hydrogen) atoms. The van der Waals surface area contributed by atoms with E-state index < -0.39 is 6.04 Å². The molecule has 1 aromatic carbocycles. The summed E-state index contributed by atoms with van der Waals surface area (Å²) in [6.45, 7) is 4.96. The number of amides is 1. The molecule has 0 saturated carbocycles. The highest BCUT2D eigenvalue weighted by Crippen LogP contribution is 2.21. The Balaban J connectivity index is 2.55. The van der Waals surface area contributed by atoms with Crippen LogP contribution < -0.4 is 11.1 Å². The van der Waals surface area contributed by atoms with Gasteiger partial charge in [-0.05, 0) is 5.56 Å². The molecule has 0 bridgehead atoms. The largest absolute Gasteiger partial charge is 0.383 e. The van der Waals surface area contributed by atoms with Gasteiger partial charge in [-0.25, -0.2) is 0 Å². The zero-order valence-corrected chi connectivity index (χ0v) is 11.3. The first kappa shape index (κ1) is 14.7. The topological polar surface area (TPSA) is 64.3 Å². The Morgan fingerprint density at radius 2 is 2.00 bits per heavy atom. The molecule has 0 aliphatic heterocycles. The summed E-state index contributed by atoms with van der Waals surface area (Å²) in [7, 11) is 1.53. The van der Waals surface area contributed by atoms with Gasteiger partial charge in [-0.1, -0.05) is 44.2 Å². The molecule has 3 N–H and O–H groups in total. The number of carbonyl (C=O) groups excluding carboxylic acids is 1.